The maximum Gasteiger partial charge on any atom is 0.0579 e. The van der Waals surface area contributed by atoms with Crippen molar-refractivity contribution in [2.45, 2.75) is 44.2 Å². The molecule has 0 unspecified atom stereocenters. The first-order valence-corrected chi connectivity index (χ1v) is 9.94. The summed E-state index contributed by atoms with van der Waals surface area (Å²) in [5.74, 6) is 0. The second-order valence-corrected chi connectivity index (χ2v) is 8.55. The Labute approximate surface area is 151 Å². The molecule has 2 saturated heterocycles. The van der Waals surface area contributed by atoms with Crippen LogP contribution in [-0.4, -0.2) is 66.4 Å². The summed E-state index contributed by atoms with van der Waals surface area (Å²) >= 11 is 0. The van der Waals surface area contributed by atoms with Crippen LogP contribution in [0.1, 0.15) is 37.7 Å². The molecule has 0 amide bonds. The van der Waals surface area contributed by atoms with Gasteiger partial charge in [-0.15, -0.1) is 0 Å². The highest BCUT2D eigenvalue weighted by Crippen LogP contribution is 2.39. The molecule has 1 spiro atoms. The quantitative estimate of drug-likeness (QED) is 0.890. The molecule has 0 radical (unpaired) electrons. The fourth-order valence-corrected chi connectivity index (χ4v) is 5.06. The Morgan fingerprint density at radius 1 is 1.00 bits per heavy atom. The average Bonchev–Trinajstić information content (AvgIpc) is 2.62. The highest BCUT2D eigenvalue weighted by molar-refractivity contribution is 5.16. The molecule has 1 aromatic carbocycles. The summed E-state index contributed by atoms with van der Waals surface area (Å²) in [4.78, 5) is 5.38. The van der Waals surface area contributed by atoms with Gasteiger partial charge in [0, 0.05) is 38.3 Å². The summed E-state index contributed by atoms with van der Waals surface area (Å²) in [6, 6.07) is 10.9. The normalized spacial score (nSPS) is 26.4. The van der Waals surface area contributed by atoms with E-state index in [2.05, 4.69) is 40.1 Å². The van der Waals surface area contributed by atoms with E-state index in [1.807, 2.05) is 0 Å². The van der Waals surface area contributed by atoms with Gasteiger partial charge in [0.25, 0.3) is 0 Å². The molecule has 4 rings (SSSR count). The maximum atomic E-state index is 9.80. The highest BCUT2D eigenvalue weighted by Gasteiger charge is 2.46. The third kappa shape index (κ3) is 3.63. The number of aliphatic hydroxyl groups excluding tert-OH is 1. The lowest BCUT2D eigenvalue weighted by Gasteiger charge is -2.55. The van der Waals surface area contributed by atoms with Crippen molar-refractivity contribution >= 4 is 0 Å². The van der Waals surface area contributed by atoms with Gasteiger partial charge in [-0.1, -0.05) is 49.6 Å². The molecule has 3 aliphatic rings. The van der Waals surface area contributed by atoms with E-state index >= 15 is 0 Å². The van der Waals surface area contributed by atoms with Crippen LogP contribution in [0.5, 0.6) is 0 Å². The van der Waals surface area contributed by atoms with Crippen molar-refractivity contribution in [3.8, 4) is 0 Å². The summed E-state index contributed by atoms with van der Waals surface area (Å²) in [6.07, 6.45) is 6.73. The van der Waals surface area contributed by atoms with Crippen LogP contribution in [-0.2, 0) is 11.3 Å². The van der Waals surface area contributed by atoms with E-state index in [1.165, 1.54) is 37.7 Å². The lowest BCUT2D eigenvalue weighted by Crippen LogP contribution is -2.65. The molecule has 2 heterocycles. The van der Waals surface area contributed by atoms with Crippen molar-refractivity contribution in [3.05, 3.63) is 35.9 Å². The SMILES string of the molecule is OCC1(CN2CCN(Cc3ccccc3)C3(CCCCC3)C2)COC1. The first kappa shape index (κ1) is 17.5. The van der Waals surface area contributed by atoms with Gasteiger partial charge in [-0.3, -0.25) is 9.80 Å². The first-order chi connectivity index (χ1) is 12.2. The first-order valence-electron chi connectivity index (χ1n) is 9.94. The van der Waals surface area contributed by atoms with Gasteiger partial charge < -0.3 is 9.84 Å². The summed E-state index contributed by atoms with van der Waals surface area (Å²) in [5, 5.41) is 9.80. The Balaban J connectivity index is 1.47. The van der Waals surface area contributed by atoms with E-state index in [0.717, 1.165) is 45.9 Å². The van der Waals surface area contributed by atoms with Crippen LogP contribution in [0.25, 0.3) is 0 Å². The van der Waals surface area contributed by atoms with E-state index in [-0.39, 0.29) is 12.0 Å². The van der Waals surface area contributed by atoms with Crippen molar-refractivity contribution < 1.29 is 9.84 Å². The van der Waals surface area contributed by atoms with Crippen molar-refractivity contribution in [1.29, 1.82) is 0 Å². The number of aliphatic hydroxyl groups is 1. The number of hydrogen-bond acceptors (Lipinski definition) is 4. The van der Waals surface area contributed by atoms with Crippen LogP contribution >= 0.6 is 0 Å². The Kier molecular flexibility index (Phi) is 5.14. The third-order valence-corrected chi connectivity index (χ3v) is 6.59. The van der Waals surface area contributed by atoms with Gasteiger partial charge in [0.2, 0.25) is 0 Å². The predicted octanol–water partition coefficient (Wildman–Crippen LogP) is 2.52. The lowest BCUT2D eigenvalue weighted by atomic mass is 9.77. The van der Waals surface area contributed by atoms with E-state index in [0.29, 0.717) is 5.54 Å². The predicted molar refractivity (Wildman–Crippen MR) is 99.4 cm³/mol. The summed E-state index contributed by atoms with van der Waals surface area (Å²) < 4.78 is 5.41. The number of rotatable bonds is 5. The van der Waals surface area contributed by atoms with Gasteiger partial charge in [0.05, 0.1) is 25.2 Å². The minimum absolute atomic E-state index is 0.00252. The average molecular weight is 344 g/mol. The van der Waals surface area contributed by atoms with Crippen LogP contribution in [0.3, 0.4) is 0 Å². The molecule has 1 N–H and O–H groups in total. The van der Waals surface area contributed by atoms with Crippen molar-refractivity contribution in [1.82, 2.24) is 9.80 Å². The van der Waals surface area contributed by atoms with Crippen LogP contribution < -0.4 is 0 Å². The van der Waals surface area contributed by atoms with Crippen LogP contribution in [0, 0.1) is 5.41 Å². The number of hydrogen-bond donors (Lipinski definition) is 1. The molecule has 3 fully saturated rings. The van der Waals surface area contributed by atoms with Crippen LogP contribution in [0.4, 0.5) is 0 Å². The second kappa shape index (κ2) is 7.36. The van der Waals surface area contributed by atoms with Gasteiger partial charge in [-0.2, -0.15) is 0 Å². The molecule has 0 aromatic heterocycles. The number of nitrogens with zero attached hydrogens (tertiary/aromatic N) is 2. The molecule has 2 aliphatic heterocycles. The molecule has 138 valence electrons. The van der Waals surface area contributed by atoms with Gasteiger partial charge in [-0.25, -0.2) is 0 Å². The number of benzene rings is 1. The van der Waals surface area contributed by atoms with E-state index in [1.54, 1.807) is 0 Å². The van der Waals surface area contributed by atoms with E-state index in [4.69, 9.17) is 4.74 Å². The van der Waals surface area contributed by atoms with Crippen LogP contribution in [0.15, 0.2) is 30.3 Å². The zero-order chi connectivity index (χ0) is 17.2. The number of ether oxygens (including phenoxy) is 1. The van der Waals surface area contributed by atoms with E-state index < -0.39 is 0 Å². The van der Waals surface area contributed by atoms with Gasteiger partial charge >= 0.3 is 0 Å². The fourth-order valence-electron chi connectivity index (χ4n) is 5.06. The maximum absolute atomic E-state index is 9.80. The molecule has 1 aromatic rings. The largest absolute Gasteiger partial charge is 0.396 e. The minimum Gasteiger partial charge on any atom is -0.396 e. The summed E-state index contributed by atoms with van der Waals surface area (Å²) in [6.45, 7) is 7.16. The topological polar surface area (TPSA) is 35.9 Å². The second-order valence-electron chi connectivity index (χ2n) is 8.55. The van der Waals surface area contributed by atoms with Crippen LogP contribution in [0.2, 0.25) is 0 Å². The standard InChI is InChI=1S/C21H32N2O2/c24-16-20(17-25-18-20)14-22-11-12-23(13-19-7-3-1-4-8-19)21(15-22)9-5-2-6-10-21/h1,3-4,7-8,24H,2,5-6,9-18H2. The Bertz CT molecular complexity index is 547. The Morgan fingerprint density at radius 3 is 2.40 bits per heavy atom. The molecule has 25 heavy (non-hydrogen) atoms. The lowest BCUT2D eigenvalue weighted by molar-refractivity contribution is -0.158. The monoisotopic (exact) mass is 344 g/mol. The third-order valence-electron chi connectivity index (χ3n) is 6.59. The molecular weight excluding hydrogens is 312 g/mol. The highest BCUT2D eigenvalue weighted by atomic mass is 16.5. The summed E-state index contributed by atoms with van der Waals surface area (Å²) in [5.41, 5.74) is 1.76. The molecular formula is C21H32N2O2. The van der Waals surface area contributed by atoms with Gasteiger partial charge in [0.1, 0.15) is 0 Å². The molecule has 1 saturated carbocycles. The number of piperazine rings is 1. The Hall–Kier alpha value is -0.940. The molecule has 1 aliphatic carbocycles. The van der Waals surface area contributed by atoms with Gasteiger partial charge in [-0.05, 0) is 18.4 Å². The molecule has 4 heteroatoms. The van der Waals surface area contributed by atoms with E-state index in [9.17, 15) is 5.11 Å². The fraction of sp³-hybridized carbons (Fsp3) is 0.714. The van der Waals surface area contributed by atoms with Crippen molar-refractivity contribution in [3.63, 3.8) is 0 Å². The van der Waals surface area contributed by atoms with Crippen molar-refractivity contribution in [2.24, 2.45) is 5.41 Å². The summed E-state index contributed by atoms with van der Waals surface area (Å²) in [7, 11) is 0. The zero-order valence-electron chi connectivity index (χ0n) is 15.3. The molecule has 4 nitrogen and oxygen atoms in total. The minimum atomic E-state index is -0.00252. The smallest absolute Gasteiger partial charge is 0.0579 e. The Morgan fingerprint density at radius 2 is 1.76 bits per heavy atom. The van der Waals surface area contributed by atoms with Crippen molar-refractivity contribution in [2.75, 3.05) is 46.0 Å². The molecule has 0 bridgehead atoms. The molecule has 0 atom stereocenters. The van der Waals surface area contributed by atoms with Gasteiger partial charge in [0.15, 0.2) is 0 Å². The zero-order valence-corrected chi connectivity index (χ0v) is 15.3.